The molecule has 1 aliphatic rings. The molecule has 6 heteroatoms. The monoisotopic (exact) mass is 316 g/mol. The highest BCUT2D eigenvalue weighted by Gasteiger charge is 2.25. The van der Waals surface area contributed by atoms with E-state index < -0.39 is 0 Å². The quantitative estimate of drug-likeness (QED) is 0.815. The molecule has 2 aromatic heterocycles. The molecule has 22 heavy (non-hydrogen) atoms. The molecule has 0 spiro atoms. The van der Waals surface area contributed by atoms with Crippen LogP contribution in [0.1, 0.15) is 37.1 Å². The number of amides is 1. The van der Waals surface area contributed by atoms with Crippen LogP contribution in [-0.4, -0.2) is 38.7 Å². The Morgan fingerprint density at radius 1 is 1.45 bits per heavy atom. The molecule has 0 radical (unpaired) electrons. The van der Waals surface area contributed by atoms with Crippen LogP contribution in [0.5, 0.6) is 0 Å². The minimum Gasteiger partial charge on any atom is -0.339 e. The van der Waals surface area contributed by atoms with E-state index in [4.69, 9.17) is 0 Å². The summed E-state index contributed by atoms with van der Waals surface area (Å²) in [5, 5.41) is 12.3. The number of carbonyl (C=O) groups is 1. The number of hydrogen-bond acceptors (Lipinski definition) is 4. The Morgan fingerprint density at radius 2 is 2.27 bits per heavy atom. The number of aromatic nitrogens is 3. The molecule has 3 rings (SSSR count). The van der Waals surface area contributed by atoms with Crippen LogP contribution in [0.4, 0.5) is 0 Å². The molecule has 0 bridgehead atoms. The Hall–Kier alpha value is -1.95. The molecule has 1 fully saturated rings. The standard InChI is InChI=1S/C16H20N4OS/c1-2-19-12-17-18-16(19)14-5-8-20(9-6-14)15(21)4-3-13-7-10-22-11-13/h3-4,7,10-12,14H,2,5-6,8-9H2,1H3. The van der Waals surface area contributed by atoms with Crippen molar-refractivity contribution in [3.63, 3.8) is 0 Å². The molecule has 1 saturated heterocycles. The highest BCUT2D eigenvalue weighted by Crippen LogP contribution is 2.26. The average Bonchev–Trinajstić information content (AvgIpc) is 3.23. The van der Waals surface area contributed by atoms with Gasteiger partial charge in [-0.25, -0.2) is 0 Å². The summed E-state index contributed by atoms with van der Waals surface area (Å²) in [7, 11) is 0. The Morgan fingerprint density at radius 3 is 2.95 bits per heavy atom. The summed E-state index contributed by atoms with van der Waals surface area (Å²) in [6, 6.07) is 2.01. The van der Waals surface area contributed by atoms with Crippen molar-refractivity contribution in [2.75, 3.05) is 13.1 Å². The summed E-state index contributed by atoms with van der Waals surface area (Å²) in [6.45, 7) is 4.56. The third-order valence-electron chi connectivity index (χ3n) is 4.12. The summed E-state index contributed by atoms with van der Waals surface area (Å²) < 4.78 is 2.10. The normalized spacial score (nSPS) is 16.5. The van der Waals surface area contributed by atoms with Gasteiger partial charge in [-0.3, -0.25) is 4.79 Å². The lowest BCUT2D eigenvalue weighted by Gasteiger charge is -2.30. The molecule has 0 atom stereocenters. The molecule has 5 nitrogen and oxygen atoms in total. The lowest BCUT2D eigenvalue weighted by Crippen LogP contribution is -2.37. The van der Waals surface area contributed by atoms with E-state index in [0.717, 1.165) is 43.9 Å². The number of likely N-dealkylation sites (tertiary alicyclic amines) is 1. The van der Waals surface area contributed by atoms with Crippen LogP contribution in [0.3, 0.4) is 0 Å². The van der Waals surface area contributed by atoms with Gasteiger partial charge in [-0.1, -0.05) is 0 Å². The molecule has 3 heterocycles. The van der Waals surface area contributed by atoms with E-state index in [-0.39, 0.29) is 5.91 Å². The van der Waals surface area contributed by atoms with Gasteiger partial charge < -0.3 is 9.47 Å². The zero-order chi connectivity index (χ0) is 15.4. The first-order valence-corrected chi connectivity index (χ1v) is 8.59. The summed E-state index contributed by atoms with van der Waals surface area (Å²) in [4.78, 5) is 14.1. The second-order valence-corrected chi connectivity index (χ2v) is 6.24. The highest BCUT2D eigenvalue weighted by atomic mass is 32.1. The molecule has 0 saturated carbocycles. The van der Waals surface area contributed by atoms with Crippen LogP contribution in [0.25, 0.3) is 6.08 Å². The van der Waals surface area contributed by atoms with E-state index in [9.17, 15) is 4.79 Å². The molecule has 0 N–H and O–H groups in total. The second kappa shape index (κ2) is 6.87. The molecule has 0 aromatic carbocycles. The van der Waals surface area contributed by atoms with E-state index in [1.54, 1.807) is 23.7 Å². The van der Waals surface area contributed by atoms with Crippen molar-refractivity contribution in [2.45, 2.75) is 32.2 Å². The van der Waals surface area contributed by atoms with E-state index in [1.165, 1.54) is 0 Å². The lowest BCUT2D eigenvalue weighted by molar-refractivity contribution is -0.127. The highest BCUT2D eigenvalue weighted by molar-refractivity contribution is 7.08. The molecule has 1 amide bonds. The fraction of sp³-hybridized carbons (Fsp3) is 0.438. The van der Waals surface area contributed by atoms with E-state index in [1.807, 2.05) is 27.8 Å². The van der Waals surface area contributed by atoms with Gasteiger partial charge in [0.1, 0.15) is 12.2 Å². The SMILES string of the molecule is CCn1cnnc1C1CCN(C(=O)C=Cc2ccsc2)CC1. The van der Waals surface area contributed by atoms with Gasteiger partial charge in [0.15, 0.2) is 0 Å². The maximum absolute atomic E-state index is 12.2. The van der Waals surface area contributed by atoms with Gasteiger partial charge in [-0.2, -0.15) is 11.3 Å². The maximum Gasteiger partial charge on any atom is 0.246 e. The zero-order valence-corrected chi connectivity index (χ0v) is 13.5. The van der Waals surface area contributed by atoms with Crippen LogP contribution < -0.4 is 0 Å². The number of carbonyl (C=O) groups excluding carboxylic acids is 1. The predicted molar refractivity (Wildman–Crippen MR) is 87.6 cm³/mol. The number of nitrogens with zero attached hydrogens (tertiary/aromatic N) is 4. The second-order valence-electron chi connectivity index (χ2n) is 5.46. The van der Waals surface area contributed by atoms with Crippen molar-refractivity contribution >= 4 is 23.3 Å². The Kier molecular flexibility index (Phi) is 4.68. The van der Waals surface area contributed by atoms with Crippen LogP contribution in [0.2, 0.25) is 0 Å². The first-order valence-electron chi connectivity index (χ1n) is 7.65. The molecule has 116 valence electrons. The van der Waals surface area contributed by atoms with Crippen molar-refractivity contribution in [1.82, 2.24) is 19.7 Å². The van der Waals surface area contributed by atoms with Gasteiger partial charge >= 0.3 is 0 Å². The van der Waals surface area contributed by atoms with Gasteiger partial charge in [0.25, 0.3) is 0 Å². The average molecular weight is 316 g/mol. The molecular formula is C16H20N4OS. The van der Waals surface area contributed by atoms with E-state index in [2.05, 4.69) is 21.7 Å². The van der Waals surface area contributed by atoms with Crippen LogP contribution >= 0.6 is 11.3 Å². The van der Waals surface area contributed by atoms with Gasteiger partial charge in [0, 0.05) is 31.6 Å². The van der Waals surface area contributed by atoms with Crippen molar-refractivity contribution in [3.05, 3.63) is 40.6 Å². The van der Waals surface area contributed by atoms with Crippen LogP contribution in [0, 0.1) is 0 Å². The lowest BCUT2D eigenvalue weighted by atomic mass is 9.96. The zero-order valence-electron chi connectivity index (χ0n) is 12.7. The first-order chi connectivity index (χ1) is 10.8. The molecular weight excluding hydrogens is 296 g/mol. The number of rotatable bonds is 4. The Bertz CT molecular complexity index is 639. The third kappa shape index (κ3) is 3.27. The number of piperidine rings is 1. The predicted octanol–water partition coefficient (Wildman–Crippen LogP) is 2.78. The molecule has 0 aliphatic carbocycles. The first kappa shape index (κ1) is 15.0. The third-order valence-corrected chi connectivity index (χ3v) is 4.82. The van der Waals surface area contributed by atoms with E-state index >= 15 is 0 Å². The van der Waals surface area contributed by atoms with Crippen LogP contribution in [0.15, 0.2) is 29.2 Å². The van der Waals surface area contributed by atoms with Crippen LogP contribution in [-0.2, 0) is 11.3 Å². The van der Waals surface area contributed by atoms with Crippen molar-refractivity contribution in [1.29, 1.82) is 0 Å². The van der Waals surface area contributed by atoms with E-state index in [0.29, 0.717) is 5.92 Å². The van der Waals surface area contributed by atoms with Gasteiger partial charge in [0.2, 0.25) is 5.91 Å². The minimum absolute atomic E-state index is 0.0987. The summed E-state index contributed by atoms with van der Waals surface area (Å²) in [5.74, 6) is 1.57. The molecule has 2 aromatic rings. The molecule has 0 unspecified atom stereocenters. The number of thiophene rings is 1. The smallest absolute Gasteiger partial charge is 0.246 e. The van der Waals surface area contributed by atoms with Crippen molar-refractivity contribution in [2.24, 2.45) is 0 Å². The maximum atomic E-state index is 12.2. The fourth-order valence-corrected chi connectivity index (χ4v) is 3.45. The van der Waals surface area contributed by atoms with Gasteiger partial charge in [-0.05, 0) is 48.2 Å². The summed E-state index contributed by atoms with van der Waals surface area (Å²) in [5.41, 5.74) is 1.09. The Balaban J connectivity index is 1.56. The van der Waals surface area contributed by atoms with Gasteiger partial charge in [0.05, 0.1) is 0 Å². The topological polar surface area (TPSA) is 51.0 Å². The Labute approximate surface area is 134 Å². The summed E-state index contributed by atoms with van der Waals surface area (Å²) >= 11 is 1.64. The largest absolute Gasteiger partial charge is 0.339 e. The number of hydrogen-bond donors (Lipinski definition) is 0. The van der Waals surface area contributed by atoms with Gasteiger partial charge in [-0.15, -0.1) is 10.2 Å². The number of aryl methyl sites for hydroxylation is 1. The minimum atomic E-state index is 0.0987. The van der Waals surface area contributed by atoms with Crippen molar-refractivity contribution in [3.8, 4) is 0 Å². The molecule has 1 aliphatic heterocycles. The fourth-order valence-electron chi connectivity index (χ4n) is 2.82. The van der Waals surface area contributed by atoms with Crippen molar-refractivity contribution < 1.29 is 4.79 Å². The summed E-state index contributed by atoms with van der Waals surface area (Å²) in [6.07, 6.45) is 7.26.